The van der Waals surface area contributed by atoms with Crippen LogP contribution < -0.4 is 22.3 Å². The summed E-state index contributed by atoms with van der Waals surface area (Å²) in [5, 5.41) is 1.42. The van der Waals surface area contributed by atoms with Gasteiger partial charge in [-0.25, -0.2) is 10.8 Å². The van der Waals surface area contributed by atoms with Crippen molar-refractivity contribution in [1.29, 1.82) is 0 Å². The van der Waals surface area contributed by atoms with Crippen LogP contribution in [0.15, 0.2) is 10.8 Å². The van der Waals surface area contributed by atoms with Crippen LogP contribution in [0.4, 0.5) is 17.5 Å². The Morgan fingerprint density at radius 3 is 2.48 bits per heavy atom. The molecule has 0 amide bonds. The summed E-state index contributed by atoms with van der Waals surface area (Å²) < 4.78 is 0.421. The summed E-state index contributed by atoms with van der Waals surface area (Å²) in [6.45, 7) is 6.48. The van der Waals surface area contributed by atoms with Gasteiger partial charge in [0, 0.05) is 6.20 Å². The average Bonchev–Trinajstić information content (AvgIpc) is 2.43. The van der Waals surface area contributed by atoms with Gasteiger partial charge in [0.1, 0.15) is 10.3 Å². The van der Waals surface area contributed by atoms with Gasteiger partial charge in [0.05, 0.1) is 12.2 Å². The second kappa shape index (κ2) is 5.82. The lowest BCUT2D eigenvalue weighted by Crippen LogP contribution is -2.33. The van der Waals surface area contributed by atoms with Crippen molar-refractivity contribution in [3.8, 4) is 0 Å². The molecule has 0 radical (unpaired) electrons. The molecule has 0 saturated carbocycles. The minimum atomic E-state index is 0.103. The first kappa shape index (κ1) is 15.5. The van der Waals surface area contributed by atoms with Gasteiger partial charge in [-0.2, -0.15) is 4.98 Å². The van der Waals surface area contributed by atoms with Gasteiger partial charge < -0.3 is 11.5 Å². The number of aromatic nitrogens is 3. The number of hydrazine groups is 1. The Balaban J connectivity index is 2.35. The van der Waals surface area contributed by atoms with E-state index in [1.807, 2.05) is 20.0 Å². The summed E-state index contributed by atoms with van der Waals surface area (Å²) in [4.78, 5) is 12.4. The first-order valence-electron chi connectivity index (χ1n) is 6.33. The third kappa shape index (κ3) is 3.06. The molecule has 0 bridgehead atoms. The Morgan fingerprint density at radius 2 is 1.81 bits per heavy atom. The Morgan fingerprint density at radius 1 is 1.14 bits per heavy atom. The number of nitrogens with zero attached hydrogens (tertiary/aromatic N) is 4. The van der Waals surface area contributed by atoms with Gasteiger partial charge in [-0.05, 0) is 53.4 Å². The van der Waals surface area contributed by atoms with E-state index in [9.17, 15) is 0 Å². The highest BCUT2D eigenvalue weighted by molar-refractivity contribution is 9.10. The summed E-state index contributed by atoms with van der Waals surface area (Å²) in [6, 6.07) is 0. The molecule has 112 valence electrons. The molecule has 0 saturated heterocycles. The van der Waals surface area contributed by atoms with E-state index in [0.717, 1.165) is 16.8 Å². The summed E-state index contributed by atoms with van der Waals surface area (Å²) in [5.41, 5.74) is 16.2. The number of anilines is 3. The summed E-state index contributed by atoms with van der Waals surface area (Å²) in [7, 11) is 0. The molecule has 2 aromatic heterocycles. The first-order chi connectivity index (χ1) is 9.81. The quantitative estimate of drug-likeness (QED) is 0.436. The van der Waals surface area contributed by atoms with Crippen LogP contribution in [0.1, 0.15) is 22.4 Å². The lowest BCUT2D eigenvalue weighted by molar-refractivity contribution is 0.798. The number of halogens is 1. The molecule has 7 nitrogen and oxygen atoms in total. The molecule has 21 heavy (non-hydrogen) atoms. The number of aryl methyl sites for hydroxylation is 1. The maximum absolute atomic E-state index is 6.07. The van der Waals surface area contributed by atoms with Crippen molar-refractivity contribution < 1.29 is 0 Å². The molecule has 0 spiro atoms. The molecule has 0 aliphatic rings. The molecule has 0 fully saturated rings. The lowest BCUT2D eigenvalue weighted by atomic mass is 10.0. The number of nitrogen functional groups attached to an aromatic ring is 2. The molecule has 2 rings (SSSR count). The highest BCUT2D eigenvalue weighted by Gasteiger charge is 2.16. The molecule has 0 aromatic carbocycles. The molecule has 0 aliphatic carbocycles. The van der Waals surface area contributed by atoms with Crippen molar-refractivity contribution in [1.82, 2.24) is 15.0 Å². The molecular weight excluding hydrogens is 334 g/mol. The standard InChI is InChI=1S/C13H18BrN7/c1-6-4-18-9(8(3)7(6)2)5-21(17)12-10(15)11(14)19-13(16)20-12/h4H,5,15,17H2,1-3H3,(H2,16,19,20). The van der Waals surface area contributed by atoms with Crippen LogP contribution >= 0.6 is 15.9 Å². The smallest absolute Gasteiger partial charge is 0.223 e. The predicted octanol–water partition coefficient (Wildman–Crippen LogP) is 1.60. The third-order valence-electron chi connectivity index (χ3n) is 3.49. The van der Waals surface area contributed by atoms with E-state index >= 15 is 0 Å². The first-order valence-corrected chi connectivity index (χ1v) is 7.13. The number of rotatable bonds is 3. The Bertz CT molecular complexity index is 687. The van der Waals surface area contributed by atoms with Crippen molar-refractivity contribution in [3.63, 3.8) is 0 Å². The number of hydrogen-bond donors (Lipinski definition) is 3. The predicted molar refractivity (Wildman–Crippen MR) is 87.4 cm³/mol. The zero-order valence-corrected chi connectivity index (χ0v) is 13.8. The fourth-order valence-corrected chi connectivity index (χ4v) is 2.30. The van der Waals surface area contributed by atoms with E-state index in [-0.39, 0.29) is 5.95 Å². The van der Waals surface area contributed by atoms with Crippen molar-refractivity contribution in [2.75, 3.05) is 16.5 Å². The minimum absolute atomic E-state index is 0.103. The van der Waals surface area contributed by atoms with Gasteiger partial charge in [-0.3, -0.25) is 9.99 Å². The average molecular weight is 352 g/mol. The fraction of sp³-hybridized carbons (Fsp3) is 0.308. The maximum atomic E-state index is 6.07. The fourth-order valence-electron chi connectivity index (χ4n) is 1.94. The molecule has 6 N–H and O–H groups in total. The number of hydrogen-bond acceptors (Lipinski definition) is 7. The van der Waals surface area contributed by atoms with E-state index in [0.29, 0.717) is 22.7 Å². The van der Waals surface area contributed by atoms with Crippen molar-refractivity contribution in [3.05, 3.63) is 33.2 Å². The largest absolute Gasteiger partial charge is 0.393 e. The molecule has 0 atom stereocenters. The maximum Gasteiger partial charge on any atom is 0.223 e. The van der Waals surface area contributed by atoms with Gasteiger partial charge in [-0.1, -0.05) is 0 Å². The lowest BCUT2D eigenvalue weighted by Gasteiger charge is -2.21. The van der Waals surface area contributed by atoms with Crippen LogP contribution in [0, 0.1) is 20.8 Å². The van der Waals surface area contributed by atoms with Crippen LogP contribution in [0.2, 0.25) is 0 Å². The Kier molecular flexibility index (Phi) is 4.29. The van der Waals surface area contributed by atoms with Crippen LogP contribution in [-0.2, 0) is 6.54 Å². The highest BCUT2D eigenvalue weighted by atomic mass is 79.9. The minimum Gasteiger partial charge on any atom is -0.393 e. The Labute approximate surface area is 131 Å². The van der Waals surface area contributed by atoms with Gasteiger partial charge in [0.25, 0.3) is 0 Å². The zero-order valence-electron chi connectivity index (χ0n) is 12.2. The monoisotopic (exact) mass is 351 g/mol. The van der Waals surface area contributed by atoms with E-state index in [1.54, 1.807) is 0 Å². The molecular formula is C13H18BrN7. The summed E-state index contributed by atoms with van der Waals surface area (Å²) in [6.07, 6.45) is 1.83. The molecule has 0 aliphatic heterocycles. The highest BCUT2D eigenvalue weighted by Crippen LogP contribution is 2.27. The number of nitrogens with two attached hydrogens (primary N) is 3. The van der Waals surface area contributed by atoms with Crippen molar-refractivity contribution in [2.24, 2.45) is 5.84 Å². The van der Waals surface area contributed by atoms with E-state index in [2.05, 4.69) is 37.8 Å². The molecule has 2 aromatic rings. The second-order valence-corrected chi connectivity index (χ2v) is 5.63. The van der Waals surface area contributed by atoms with Crippen molar-refractivity contribution >= 4 is 33.4 Å². The summed E-state index contributed by atoms with van der Waals surface area (Å²) in [5.74, 6) is 6.54. The molecule has 0 unspecified atom stereocenters. The van der Waals surface area contributed by atoms with Gasteiger partial charge in [-0.15, -0.1) is 0 Å². The third-order valence-corrected chi connectivity index (χ3v) is 4.09. The van der Waals surface area contributed by atoms with Gasteiger partial charge >= 0.3 is 0 Å². The van der Waals surface area contributed by atoms with Gasteiger partial charge in [0.2, 0.25) is 5.95 Å². The molecule has 2 heterocycles. The van der Waals surface area contributed by atoms with Crippen molar-refractivity contribution in [2.45, 2.75) is 27.3 Å². The topological polar surface area (TPSA) is 120 Å². The van der Waals surface area contributed by atoms with Crippen LogP contribution in [0.25, 0.3) is 0 Å². The Hall–Kier alpha value is -1.93. The van der Waals surface area contributed by atoms with E-state index in [1.165, 1.54) is 10.6 Å². The second-order valence-electron chi connectivity index (χ2n) is 4.88. The zero-order chi connectivity index (χ0) is 15.7. The van der Waals surface area contributed by atoms with E-state index < -0.39 is 0 Å². The van der Waals surface area contributed by atoms with Gasteiger partial charge in [0.15, 0.2) is 5.82 Å². The van der Waals surface area contributed by atoms with E-state index in [4.69, 9.17) is 17.3 Å². The SMILES string of the molecule is Cc1cnc(CN(N)c2nc(N)nc(Br)c2N)c(C)c1C. The summed E-state index contributed by atoms with van der Waals surface area (Å²) >= 11 is 3.23. The normalized spacial score (nSPS) is 10.7. The van der Waals surface area contributed by atoms with Crippen LogP contribution in [0.5, 0.6) is 0 Å². The molecule has 8 heteroatoms. The van der Waals surface area contributed by atoms with Crippen LogP contribution in [0.3, 0.4) is 0 Å². The number of pyridine rings is 1. The van der Waals surface area contributed by atoms with Crippen LogP contribution in [-0.4, -0.2) is 15.0 Å².